The normalized spacial score (nSPS) is 11.4. The Labute approximate surface area is 164 Å². The van der Waals surface area contributed by atoms with E-state index in [1.807, 2.05) is 5.48 Å². The van der Waals surface area contributed by atoms with Crippen molar-refractivity contribution in [1.82, 2.24) is 14.7 Å². The number of alkyl halides is 3. The van der Waals surface area contributed by atoms with Crippen LogP contribution in [0.1, 0.15) is 18.2 Å². The van der Waals surface area contributed by atoms with Crippen LogP contribution in [0.25, 0.3) is 5.69 Å². The molecule has 0 saturated heterocycles. The number of hydroxylamine groups is 1. The molecule has 0 aliphatic rings. The molecule has 3 N–H and O–H groups in total. The number of nitrogens with two attached hydrogens (primary N) is 1. The zero-order chi connectivity index (χ0) is 21.9. The predicted octanol–water partition coefficient (Wildman–Crippen LogP) is 1.70. The first-order chi connectivity index (χ1) is 13.5. The van der Waals surface area contributed by atoms with E-state index in [0.29, 0.717) is 6.07 Å². The van der Waals surface area contributed by atoms with Crippen LogP contribution in [0.5, 0.6) is 0 Å². The number of ether oxygens (including phenoxy) is 1. The average molecular weight is 441 g/mol. The van der Waals surface area contributed by atoms with Gasteiger partial charge in [0.2, 0.25) is 0 Å². The van der Waals surface area contributed by atoms with Crippen molar-refractivity contribution in [2.75, 3.05) is 12.4 Å². The molecule has 0 aliphatic heterocycles. The summed E-state index contributed by atoms with van der Waals surface area (Å²) in [6, 6.07) is 1.65. The zero-order valence-electron chi connectivity index (χ0n) is 14.5. The number of hydrogen-bond acceptors (Lipinski definition) is 6. The van der Waals surface area contributed by atoms with Gasteiger partial charge in [-0.1, -0.05) is 11.6 Å². The molecule has 158 valence electrons. The summed E-state index contributed by atoms with van der Waals surface area (Å²) in [6.07, 6.45) is -6.00. The monoisotopic (exact) mass is 440 g/mol. The Bertz CT molecular complexity index is 1050. The van der Waals surface area contributed by atoms with Crippen molar-refractivity contribution in [3.8, 4) is 5.69 Å². The minimum atomic E-state index is -5.08. The minimum absolute atomic E-state index is 0.00497. The van der Waals surface area contributed by atoms with Crippen LogP contribution in [0.3, 0.4) is 0 Å². The summed E-state index contributed by atoms with van der Waals surface area (Å²) in [6.45, 7) is 1.17. The lowest BCUT2D eigenvalue weighted by Gasteiger charge is -2.15. The third-order valence-corrected chi connectivity index (χ3v) is 3.80. The van der Waals surface area contributed by atoms with Gasteiger partial charge >= 0.3 is 18.0 Å². The molecule has 14 heteroatoms. The van der Waals surface area contributed by atoms with Gasteiger partial charge in [-0.25, -0.2) is 23.2 Å². The van der Waals surface area contributed by atoms with Crippen LogP contribution >= 0.6 is 11.6 Å². The van der Waals surface area contributed by atoms with Crippen LogP contribution in [-0.2, 0) is 22.4 Å². The van der Waals surface area contributed by atoms with Crippen molar-refractivity contribution in [3.05, 3.63) is 61.1 Å². The Morgan fingerprint density at radius 2 is 1.93 bits per heavy atom. The maximum Gasteiger partial charge on any atom is 0.433 e. The molecule has 1 aromatic heterocycles. The number of hydrogen-bond donors (Lipinski definition) is 2. The zero-order valence-corrected chi connectivity index (χ0v) is 15.3. The second kappa shape index (κ2) is 8.53. The number of nitrogens with one attached hydrogen (secondary N) is 1. The second-order valence-corrected chi connectivity index (χ2v) is 5.77. The smallest absolute Gasteiger partial charge is 0.433 e. The summed E-state index contributed by atoms with van der Waals surface area (Å²) in [7, 11) is 0. The molecule has 0 radical (unpaired) electrons. The first-order valence-electron chi connectivity index (χ1n) is 7.71. The van der Waals surface area contributed by atoms with Crippen LogP contribution in [0.2, 0.25) is 5.02 Å². The average Bonchev–Trinajstić information content (AvgIpc) is 2.60. The summed E-state index contributed by atoms with van der Waals surface area (Å²) in [5.41, 5.74) is -3.64. The van der Waals surface area contributed by atoms with Gasteiger partial charge in [0.15, 0.2) is 5.69 Å². The van der Waals surface area contributed by atoms with Gasteiger partial charge in [-0.15, -0.1) is 0 Å². The fourth-order valence-electron chi connectivity index (χ4n) is 2.19. The molecule has 9 nitrogen and oxygen atoms in total. The topological polar surface area (TPSA) is 118 Å². The molecule has 0 fully saturated rings. The van der Waals surface area contributed by atoms with Crippen LogP contribution in [0, 0.1) is 5.82 Å². The van der Waals surface area contributed by atoms with Crippen molar-refractivity contribution >= 4 is 17.7 Å². The van der Waals surface area contributed by atoms with Gasteiger partial charge in [0.1, 0.15) is 12.4 Å². The number of nitrogens with zero attached hydrogens (tertiary/aromatic N) is 2. The van der Waals surface area contributed by atoms with Gasteiger partial charge in [0.25, 0.3) is 5.56 Å². The number of nitrogen functional groups attached to an aromatic ring is 1. The van der Waals surface area contributed by atoms with Gasteiger partial charge < -0.3 is 10.6 Å². The van der Waals surface area contributed by atoms with E-state index in [1.165, 1.54) is 0 Å². The van der Waals surface area contributed by atoms with Crippen molar-refractivity contribution in [1.29, 1.82) is 0 Å². The summed E-state index contributed by atoms with van der Waals surface area (Å²) in [5, 5.41) is -0.204. The Morgan fingerprint density at radius 1 is 1.28 bits per heavy atom. The standard InChI is InChI=1S/C15H13ClF4N4O5/c1-2-28-13(26)22-29-6-7-3-10(9(17)4-8(7)16)23-12(25)5-11(15(18,19)20)24(21)14(23)27/h3-5H,2,6,21H2,1H3,(H,22,26). The first kappa shape index (κ1) is 22.2. The van der Waals surface area contributed by atoms with Gasteiger partial charge in [0, 0.05) is 16.7 Å². The third kappa shape index (κ3) is 4.86. The first-order valence-corrected chi connectivity index (χ1v) is 8.09. The number of carbonyl (C=O) groups is 1. The molecule has 2 aromatic rings. The number of halogens is 5. The molecular weight excluding hydrogens is 428 g/mol. The van der Waals surface area contributed by atoms with Gasteiger partial charge in [-0.05, 0) is 19.1 Å². The van der Waals surface area contributed by atoms with Gasteiger partial charge in [-0.3, -0.25) is 9.63 Å². The number of amides is 1. The summed E-state index contributed by atoms with van der Waals surface area (Å²) in [4.78, 5) is 40.2. The van der Waals surface area contributed by atoms with Crippen LogP contribution in [0.15, 0.2) is 27.8 Å². The fraction of sp³-hybridized carbons (Fsp3) is 0.267. The summed E-state index contributed by atoms with van der Waals surface area (Å²) >= 11 is 5.85. The van der Waals surface area contributed by atoms with E-state index in [-0.39, 0.29) is 32.5 Å². The van der Waals surface area contributed by atoms with E-state index in [1.54, 1.807) is 6.92 Å². The predicted molar refractivity (Wildman–Crippen MR) is 91.4 cm³/mol. The molecule has 1 aromatic carbocycles. The van der Waals surface area contributed by atoms with Crippen LogP contribution in [0.4, 0.5) is 22.4 Å². The lowest BCUT2D eigenvalue weighted by atomic mass is 10.2. The highest BCUT2D eigenvalue weighted by Gasteiger charge is 2.36. The van der Waals surface area contributed by atoms with Gasteiger partial charge in [-0.2, -0.15) is 18.7 Å². The number of rotatable bonds is 5. The highest BCUT2D eigenvalue weighted by molar-refractivity contribution is 6.31. The van der Waals surface area contributed by atoms with Crippen molar-refractivity contribution in [2.24, 2.45) is 0 Å². The van der Waals surface area contributed by atoms with E-state index in [0.717, 1.165) is 6.07 Å². The molecule has 0 saturated carbocycles. The molecule has 0 spiro atoms. The van der Waals surface area contributed by atoms with Crippen molar-refractivity contribution in [3.63, 3.8) is 0 Å². The lowest BCUT2D eigenvalue weighted by molar-refractivity contribution is -0.143. The lowest BCUT2D eigenvalue weighted by Crippen LogP contribution is -2.45. The molecule has 0 atom stereocenters. The number of carbonyl (C=O) groups excluding carboxylic acids is 1. The molecule has 0 aliphatic carbocycles. The molecule has 1 amide bonds. The Morgan fingerprint density at radius 3 is 2.52 bits per heavy atom. The molecule has 0 bridgehead atoms. The number of benzene rings is 1. The molecular formula is C15H13ClF4N4O5. The summed E-state index contributed by atoms with van der Waals surface area (Å²) < 4.78 is 57.2. The quantitative estimate of drug-likeness (QED) is 0.415. The molecule has 1 heterocycles. The van der Waals surface area contributed by atoms with Crippen LogP contribution in [-0.4, -0.2) is 21.9 Å². The Hall–Kier alpha value is -3.06. The minimum Gasteiger partial charge on any atom is -0.448 e. The highest BCUT2D eigenvalue weighted by atomic mass is 35.5. The fourth-order valence-corrected chi connectivity index (χ4v) is 2.40. The van der Waals surface area contributed by atoms with E-state index < -0.39 is 47.3 Å². The number of aromatic nitrogens is 2. The molecule has 0 unspecified atom stereocenters. The van der Waals surface area contributed by atoms with E-state index in [2.05, 4.69) is 4.74 Å². The maximum absolute atomic E-state index is 14.3. The summed E-state index contributed by atoms with van der Waals surface area (Å²) in [5.74, 6) is 3.94. The second-order valence-electron chi connectivity index (χ2n) is 5.36. The van der Waals surface area contributed by atoms with Crippen molar-refractivity contribution < 1.29 is 31.9 Å². The SMILES string of the molecule is CCOC(=O)NOCc1cc(-n2c(=O)cc(C(F)(F)F)n(N)c2=O)c(F)cc1Cl. The largest absolute Gasteiger partial charge is 0.448 e. The third-order valence-electron chi connectivity index (χ3n) is 3.44. The maximum atomic E-state index is 14.3. The van der Waals surface area contributed by atoms with Crippen molar-refractivity contribution in [2.45, 2.75) is 19.7 Å². The Kier molecular flexibility index (Phi) is 6.54. The van der Waals surface area contributed by atoms with E-state index in [9.17, 15) is 31.9 Å². The highest BCUT2D eigenvalue weighted by Crippen LogP contribution is 2.27. The van der Waals surface area contributed by atoms with Gasteiger partial charge in [0.05, 0.1) is 12.3 Å². The molecule has 29 heavy (non-hydrogen) atoms. The van der Waals surface area contributed by atoms with E-state index >= 15 is 0 Å². The Balaban J connectivity index is 2.48. The molecule has 2 rings (SSSR count). The van der Waals surface area contributed by atoms with E-state index in [4.69, 9.17) is 22.3 Å². The van der Waals surface area contributed by atoms with Crippen LogP contribution < -0.4 is 22.6 Å².